The second-order valence-corrected chi connectivity index (χ2v) is 9.14. The molecule has 2 N–H and O–H groups in total. The lowest BCUT2D eigenvalue weighted by Crippen LogP contribution is -2.47. The Bertz CT molecular complexity index is 808. The molecule has 0 saturated carbocycles. The third-order valence-corrected chi connectivity index (χ3v) is 6.34. The lowest BCUT2D eigenvalue weighted by atomic mass is 10.2. The van der Waals surface area contributed by atoms with Crippen LogP contribution in [0.3, 0.4) is 0 Å². The van der Waals surface area contributed by atoms with Crippen LogP contribution in [0, 0.1) is 6.92 Å². The minimum absolute atomic E-state index is 0.478. The Morgan fingerprint density at radius 3 is 2.67 bits per heavy atom. The van der Waals surface area contributed by atoms with Gasteiger partial charge in [-0.3, -0.25) is 9.89 Å². The average Bonchev–Trinajstić information content (AvgIpc) is 3.23. The van der Waals surface area contributed by atoms with Gasteiger partial charge in [0.1, 0.15) is 5.01 Å². The first-order valence-corrected chi connectivity index (χ1v) is 11.9. The van der Waals surface area contributed by atoms with Gasteiger partial charge in [0.25, 0.3) is 0 Å². The van der Waals surface area contributed by atoms with Crippen molar-refractivity contribution in [1.29, 1.82) is 0 Å². The van der Waals surface area contributed by atoms with Gasteiger partial charge in [-0.15, -0.1) is 11.3 Å². The van der Waals surface area contributed by atoms with Crippen LogP contribution in [0.25, 0.3) is 0 Å². The fourth-order valence-corrected chi connectivity index (χ4v) is 4.51. The van der Waals surface area contributed by atoms with Crippen LogP contribution >= 0.6 is 11.3 Å². The minimum atomic E-state index is 0.478. The summed E-state index contributed by atoms with van der Waals surface area (Å²) in [6.45, 7) is 13.7. The normalized spacial score (nSPS) is 15.6. The number of aromatic nitrogens is 1. The van der Waals surface area contributed by atoms with E-state index in [0.29, 0.717) is 5.92 Å². The molecule has 1 fully saturated rings. The van der Waals surface area contributed by atoms with Crippen molar-refractivity contribution in [2.45, 2.75) is 39.7 Å². The SMILES string of the molecule is CN=C(NCCCN1CCN(c2cccc(C)c2)CC1)NCc1nc(C(C)C)cs1. The summed E-state index contributed by atoms with van der Waals surface area (Å²) < 4.78 is 0. The molecule has 164 valence electrons. The van der Waals surface area contributed by atoms with E-state index in [1.807, 2.05) is 7.05 Å². The average molecular weight is 429 g/mol. The van der Waals surface area contributed by atoms with Gasteiger partial charge in [-0.25, -0.2) is 4.98 Å². The lowest BCUT2D eigenvalue weighted by Gasteiger charge is -2.36. The molecule has 0 atom stereocenters. The van der Waals surface area contributed by atoms with Gasteiger partial charge in [-0.1, -0.05) is 26.0 Å². The van der Waals surface area contributed by atoms with E-state index < -0.39 is 0 Å². The molecule has 0 radical (unpaired) electrons. The highest BCUT2D eigenvalue weighted by molar-refractivity contribution is 7.09. The van der Waals surface area contributed by atoms with Crippen LogP contribution in [0.2, 0.25) is 0 Å². The molecule has 0 bridgehead atoms. The molecule has 3 rings (SSSR count). The van der Waals surface area contributed by atoms with E-state index in [2.05, 4.69) is 80.8 Å². The number of benzene rings is 1. The number of aliphatic imine (C=N–C) groups is 1. The van der Waals surface area contributed by atoms with E-state index in [1.54, 1.807) is 11.3 Å². The molecule has 1 aliphatic heterocycles. The number of piperazine rings is 1. The molecule has 0 aliphatic carbocycles. The van der Waals surface area contributed by atoms with Gasteiger partial charge in [0.15, 0.2) is 5.96 Å². The molecule has 1 aromatic carbocycles. The fourth-order valence-electron chi connectivity index (χ4n) is 3.62. The Labute approximate surface area is 185 Å². The zero-order chi connectivity index (χ0) is 21.3. The molecule has 1 aliphatic rings. The summed E-state index contributed by atoms with van der Waals surface area (Å²) in [5.74, 6) is 1.33. The maximum Gasteiger partial charge on any atom is 0.191 e. The monoisotopic (exact) mass is 428 g/mol. The minimum Gasteiger partial charge on any atom is -0.369 e. The van der Waals surface area contributed by atoms with E-state index in [0.717, 1.165) is 63.2 Å². The lowest BCUT2D eigenvalue weighted by molar-refractivity contribution is 0.255. The summed E-state index contributed by atoms with van der Waals surface area (Å²) >= 11 is 1.71. The van der Waals surface area contributed by atoms with Crippen molar-refractivity contribution in [3.05, 3.63) is 45.9 Å². The molecule has 7 heteroatoms. The summed E-state index contributed by atoms with van der Waals surface area (Å²) in [5.41, 5.74) is 3.85. The Hall–Kier alpha value is -2.12. The van der Waals surface area contributed by atoms with E-state index in [4.69, 9.17) is 0 Å². The zero-order valence-electron chi connectivity index (χ0n) is 18.8. The molecule has 2 heterocycles. The first kappa shape index (κ1) is 22.6. The van der Waals surface area contributed by atoms with Crippen molar-refractivity contribution in [2.24, 2.45) is 4.99 Å². The highest BCUT2D eigenvalue weighted by Gasteiger charge is 2.16. The molecule has 1 aromatic heterocycles. The summed E-state index contributed by atoms with van der Waals surface area (Å²) in [4.78, 5) is 14.1. The number of thiazole rings is 1. The van der Waals surface area contributed by atoms with Crippen molar-refractivity contribution >= 4 is 23.0 Å². The van der Waals surface area contributed by atoms with Gasteiger partial charge >= 0.3 is 0 Å². The predicted octanol–water partition coefficient (Wildman–Crippen LogP) is 3.45. The second-order valence-electron chi connectivity index (χ2n) is 8.19. The molecule has 0 unspecified atom stereocenters. The van der Waals surface area contributed by atoms with Crippen LogP contribution < -0.4 is 15.5 Å². The van der Waals surface area contributed by atoms with E-state index in [-0.39, 0.29) is 0 Å². The Balaban J connectivity index is 1.31. The quantitative estimate of drug-likeness (QED) is 0.383. The van der Waals surface area contributed by atoms with Gasteiger partial charge in [0.05, 0.1) is 12.2 Å². The topological polar surface area (TPSA) is 55.8 Å². The Morgan fingerprint density at radius 1 is 1.20 bits per heavy atom. The molecule has 0 spiro atoms. The maximum absolute atomic E-state index is 4.67. The number of hydrogen-bond donors (Lipinski definition) is 2. The van der Waals surface area contributed by atoms with Crippen LogP contribution in [-0.4, -0.2) is 62.2 Å². The number of anilines is 1. The largest absolute Gasteiger partial charge is 0.369 e. The van der Waals surface area contributed by atoms with Crippen LogP contribution in [0.15, 0.2) is 34.6 Å². The number of hydrogen-bond acceptors (Lipinski definition) is 5. The molecule has 6 nitrogen and oxygen atoms in total. The van der Waals surface area contributed by atoms with Crippen molar-refractivity contribution < 1.29 is 0 Å². The number of aryl methyl sites for hydroxylation is 1. The number of guanidine groups is 1. The molecular weight excluding hydrogens is 392 g/mol. The van der Waals surface area contributed by atoms with Gasteiger partial charge in [0, 0.05) is 50.8 Å². The highest BCUT2D eigenvalue weighted by Crippen LogP contribution is 2.18. The van der Waals surface area contributed by atoms with Crippen LogP contribution in [-0.2, 0) is 6.54 Å². The first-order valence-electron chi connectivity index (χ1n) is 11.0. The molecule has 2 aromatic rings. The fraction of sp³-hybridized carbons (Fsp3) is 0.565. The van der Waals surface area contributed by atoms with Crippen LogP contribution in [0.4, 0.5) is 5.69 Å². The summed E-state index contributed by atoms with van der Waals surface area (Å²) in [7, 11) is 1.82. The summed E-state index contributed by atoms with van der Waals surface area (Å²) in [6, 6.07) is 8.82. The standard InChI is InChI=1S/C23H36N6S/c1-18(2)21-17-30-22(27-21)16-26-23(24-4)25-9-6-10-28-11-13-29(14-12-28)20-8-5-7-19(3)15-20/h5,7-8,15,17-18H,6,9-14,16H2,1-4H3,(H2,24,25,26). The van der Waals surface area contributed by atoms with Gasteiger partial charge in [0.2, 0.25) is 0 Å². The second kappa shape index (κ2) is 11.3. The van der Waals surface area contributed by atoms with Crippen LogP contribution in [0.1, 0.15) is 42.5 Å². The number of nitrogens with one attached hydrogen (secondary N) is 2. The van der Waals surface area contributed by atoms with E-state index in [1.165, 1.54) is 16.9 Å². The smallest absolute Gasteiger partial charge is 0.191 e. The summed E-state index contributed by atoms with van der Waals surface area (Å²) in [6.07, 6.45) is 1.11. The highest BCUT2D eigenvalue weighted by atomic mass is 32.1. The Morgan fingerprint density at radius 2 is 2.00 bits per heavy atom. The van der Waals surface area contributed by atoms with Gasteiger partial charge in [-0.05, 0) is 43.5 Å². The van der Waals surface area contributed by atoms with Crippen molar-refractivity contribution in [3.8, 4) is 0 Å². The maximum atomic E-state index is 4.67. The van der Waals surface area contributed by atoms with E-state index in [9.17, 15) is 0 Å². The number of nitrogens with zero attached hydrogens (tertiary/aromatic N) is 4. The van der Waals surface area contributed by atoms with Crippen molar-refractivity contribution in [1.82, 2.24) is 20.5 Å². The predicted molar refractivity (Wildman–Crippen MR) is 129 cm³/mol. The molecule has 0 amide bonds. The molecule has 30 heavy (non-hydrogen) atoms. The molecular formula is C23H36N6S. The number of rotatable bonds is 8. The van der Waals surface area contributed by atoms with Gasteiger partial charge < -0.3 is 15.5 Å². The zero-order valence-corrected chi connectivity index (χ0v) is 19.6. The third kappa shape index (κ3) is 6.71. The third-order valence-electron chi connectivity index (χ3n) is 5.47. The van der Waals surface area contributed by atoms with Crippen molar-refractivity contribution in [3.63, 3.8) is 0 Å². The van der Waals surface area contributed by atoms with E-state index >= 15 is 0 Å². The van der Waals surface area contributed by atoms with Gasteiger partial charge in [-0.2, -0.15) is 0 Å². The molecule has 1 saturated heterocycles. The summed E-state index contributed by atoms with van der Waals surface area (Å²) in [5, 5.41) is 10.1. The van der Waals surface area contributed by atoms with Crippen molar-refractivity contribution in [2.75, 3.05) is 51.2 Å². The first-order chi connectivity index (χ1) is 14.5. The van der Waals surface area contributed by atoms with Crippen LogP contribution in [0.5, 0.6) is 0 Å². The Kier molecular flexibility index (Phi) is 8.51.